The third-order valence-corrected chi connectivity index (χ3v) is 4.90. The minimum Gasteiger partial charge on any atom is -0.465 e. The SMILES string of the molecule is CCOC(=O)C1CCCN1CCS(=O)(=O)CCC(N)=O. The number of nitrogens with two attached hydrogens (primary N) is 1. The normalized spacial score (nSPS) is 19.9. The summed E-state index contributed by atoms with van der Waals surface area (Å²) >= 11 is 0. The molecule has 20 heavy (non-hydrogen) atoms. The van der Waals surface area contributed by atoms with Crippen LogP contribution in [0.2, 0.25) is 0 Å². The van der Waals surface area contributed by atoms with Crippen molar-refractivity contribution in [2.75, 3.05) is 31.2 Å². The monoisotopic (exact) mass is 306 g/mol. The first-order valence-electron chi connectivity index (χ1n) is 6.75. The van der Waals surface area contributed by atoms with Crippen LogP contribution in [0, 0.1) is 0 Å². The molecule has 7 nitrogen and oxygen atoms in total. The Labute approximate surface area is 119 Å². The predicted octanol–water partition coefficient (Wildman–Crippen LogP) is -0.696. The number of likely N-dealkylation sites (tertiary alicyclic amines) is 1. The van der Waals surface area contributed by atoms with E-state index in [9.17, 15) is 18.0 Å². The number of amides is 1. The van der Waals surface area contributed by atoms with Crippen LogP contribution in [0.15, 0.2) is 0 Å². The summed E-state index contributed by atoms with van der Waals surface area (Å²) in [6, 6.07) is -0.346. The summed E-state index contributed by atoms with van der Waals surface area (Å²) in [6.45, 7) is 3.03. The van der Waals surface area contributed by atoms with E-state index < -0.39 is 15.7 Å². The van der Waals surface area contributed by atoms with Crippen LogP contribution in [0.5, 0.6) is 0 Å². The molecule has 1 saturated heterocycles. The van der Waals surface area contributed by atoms with Crippen molar-refractivity contribution in [1.29, 1.82) is 0 Å². The second-order valence-corrected chi connectivity index (χ2v) is 7.12. The molecule has 0 aromatic carbocycles. The molecule has 116 valence electrons. The maximum Gasteiger partial charge on any atom is 0.323 e. The molecule has 2 N–H and O–H groups in total. The molecule has 0 spiro atoms. The van der Waals surface area contributed by atoms with Crippen molar-refractivity contribution in [3.05, 3.63) is 0 Å². The highest BCUT2D eigenvalue weighted by atomic mass is 32.2. The zero-order valence-corrected chi connectivity index (χ0v) is 12.5. The van der Waals surface area contributed by atoms with Crippen molar-refractivity contribution < 1.29 is 22.7 Å². The average molecular weight is 306 g/mol. The number of hydrogen-bond donors (Lipinski definition) is 1. The predicted molar refractivity (Wildman–Crippen MR) is 73.7 cm³/mol. The molecule has 1 fully saturated rings. The molecule has 1 heterocycles. The summed E-state index contributed by atoms with van der Waals surface area (Å²) in [5, 5.41) is 0. The summed E-state index contributed by atoms with van der Waals surface area (Å²) in [5.41, 5.74) is 4.94. The van der Waals surface area contributed by atoms with Crippen LogP contribution in [0.1, 0.15) is 26.2 Å². The van der Waals surface area contributed by atoms with Crippen molar-refractivity contribution in [3.63, 3.8) is 0 Å². The number of nitrogens with zero attached hydrogens (tertiary/aromatic N) is 1. The van der Waals surface area contributed by atoms with Crippen molar-refractivity contribution in [2.24, 2.45) is 5.73 Å². The number of carbonyl (C=O) groups excluding carboxylic acids is 2. The highest BCUT2D eigenvalue weighted by Gasteiger charge is 2.32. The fourth-order valence-electron chi connectivity index (χ4n) is 2.21. The van der Waals surface area contributed by atoms with Crippen LogP contribution in [0.4, 0.5) is 0 Å². The molecule has 0 aromatic heterocycles. The number of primary amides is 1. The first-order chi connectivity index (χ1) is 9.35. The Hall–Kier alpha value is -1.15. The van der Waals surface area contributed by atoms with Gasteiger partial charge in [-0.15, -0.1) is 0 Å². The first kappa shape index (κ1) is 16.9. The van der Waals surface area contributed by atoms with Gasteiger partial charge in [0.05, 0.1) is 18.1 Å². The lowest BCUT2D eigenvalue weighted by atomic mass is 10.2. The van der Waals surface area contributed by atoms with Gasteiger partial charge in [-0.2, -0.15) is 0 Å². The molecule has 1 atom stereocenters. The second-order valence-electron chi connectivity index (χ2n) is 4.81. The Morgan fingerprint density at radius 2 is 2.05 bits per heavy atom. The van der Waals surface area contributed by atoms with Gasteiger partial charge in [-0.05, 0) is 26.3 Å². The van der Waals surface area contributed by atoms with E-state index in [0.29, 0.717) is 19.6 Å². The Kier molecular flexibility index (Phi) is 6.41. The number of esters is 1. The lowest BCUT2D eigenvalue weighted by Crippen LogP contribution is -2.40. The molecule has 0 radical (unpaired) electrons. The van der Waals surface area contributed by atoms with Gasteiger partial charge in [0.15, 0.2) is 9.84 Å². The molecule has 0 aromatic rings. The minimum atomic E-state index is -3.32. The standard InChI is InChI=1S/C12H22N2O5S/c1-2-19-12(16)10-4-3-6-14(10)7-9-20(17,18)8-5-11(13)15/h10H,2-9H2,1H3,(H2,13,15). The summed E-state index contributed by atoms with van der Waals surface area (Å²) in [5.74, 6) is -1.23. The molecular formula is C12H22N2O5S. The Balaban J connectivity index is 2.47. The lowest BCUT2D eigenvalue weighted by Gasteiger charge is -2.22. The Morgan fingerprint density at radius 3 is 2.65 bits per heavy atom. The largest absolute Gasteiger partial charge is 0.465 e. The van der Waals surface area contributed by atoms with E-state index in [2.05, 4.69) is 0 Å². The van der Waals surface area contributed by atoms with E-state index in [1.165, 1.54) is 0 Å². The molecule has 1 unspecified atom stereocenters. The van der Waals surface area contributed by atoms with Crippen molar-refractivity contribution >= 4 is 21.7 Å². The molecule has 8 heteroatoms. The van der Waals surface area contributed by atoms with Crippen LogP contribution in [0.25, 0.3) is 0 Å². The van der Waals surface area contributed by atoms with Crippen molar-refractivity contribution in [3.8, 4) is 0 Å². The van der Waals surface area contributed by atoms with Crippen LogP contribution < -0.4 is 5.73 Å². The van der Waals surface area contributed by atoms with E-state index in [-0.39, 0.29) is 36.5 Å². The molecule has 0 aliphatic carbocycles. The van der Waals surface area contributed by atoms with Gasteiger partial charge in [-0.3, -0.25) is 14.5 Å². The van der Waals surface area contributed by atoms with Gasteiger partial charge < -0.3 is 10.5 Å². The third kappa shape index (κ3) is 5.46. The Morgan fingerprint density at radius 1 is 1.35 bits per heavy atom. The summed E-state index contributed by atoms with van der Waals surface area (Å²) in [6.07, 6.45) is 1.38. The van der Waals surface area contributed by atoms with Gasteiger partial charge in [-0.1, -0.05) is 0 Å². The van der Waals surface area contributed by atoms with Gasteiger partial charge in [-0.25, -0.2) is 8.42 Å². The smallest absolute Gasteiger partial charge is 0.323 e. The van der Waals surface area contributed by atoms with Gasteiger partial charge in [0.1, 0.15) is 6.04 Å². The van der Waals surface area contributed by atoms with E-state index in [4.69, 9.17) is 10.5 Å². The van der Waals surface area contributed by atoms with Gasteiger partial charge >= 0.3 is 5.97 Å². The van der Waals surface area contributed by atoms with Crippen LogP contribution >= 0.6 is 0 Å². The fraction of sp³-hybridized carbons (Fsp3) is 0.833. The number of hydrogen-bond acceptors (Lipinski definition) is 6. The van der Waals surface area contributed by atoms with E-state index >= 15 is 0 Å². The van der Waals surface area contributed by atoms with E-state index in [1.807, 2.05) is 4.90 Å². The molecule has 0 saturated carbocycles. The zero-order valence-electron chi connectivity index (χ0n) is 11.7. The molecule has 1 amide bonds. The summed E-state index contributed by atoms with van der Waals surface area (Å²) < 4.78 is 28.5. The van der Waals surface area contributed by atoms with E-state index in [1.54, 1.807) is 6.92 Å². The maximum absolute atomic E-state index is 11.7. The average Bonchev–Trinajstić information content (AvgIpc) is 2.83. The Bertz CT molecular complexity index is 449. The molecule has 1 aliphatic heterocycles. The van der Waals surface area contributed by atoms with E-state index in [0.717, 1.165) is 6.42 Å². The van der Waals surface area contributed by atoms with Gasteiger partial charge in [0.25, 0.3) is 0 Å². The highest BCUT2D eigenvalue weighted by molar-refractivity contribution is 7.91. The van der Waals surface area contributed by atoms with Gasteiger partial charge in [0.2, 0.25) is 5.91 Å². The second kappa shape index (κ2) is 7.58. The highest BCUT2D eigenvalue weighted by Crippen LogP contribution is 2.18. The number of rotatable bonds is 8. The maximum atomic E-state index is 11.7. The molecule has 1 aliphatic rings. The minimum absolute atomic E-state index is 0.0732. The van der Waals surface area contributed by atoms with Crippen molar-refractivity contribution in [2.45, 2.75) is 32.2 Å². The molecule has 0 bridgehead atoms. The number of ether oxygens (including phenoxy) is 1. The van der Waals surface area contributed by atoms with Gasteiger partial charge in [0, 0.05) is 13.0 Å². The van der Waals surface area contributed by atoms with Crippen LogP contribution in [-0.2, 0) is 24.2 Å². The third-order valence-electron chi connectivity index (χ3n) is 3.27. The van der Waals surface area contributed by atoms with Crippen molar-refractivity contribution in [1.82, 2.24) is 4.90 Å². The fourth-order valence-corrected chi connectivity index (χ4v) is 3.44. The summed E-state index contributed by atoms with van der Waals surface area (Å²) in [4.78, 5) is 24.2. The topological polar surface area (TPSA) is 107 Å². The quantitative estimate of drug-likeness (QED) is 0.595. The van der Waals surface area contributed by atoms with Crippen LogP contribution in [0.3, 0.4) is 0 Å². The zero-order chi connectivity index (χ0) is 15.2. The summed E-state index contributed by atoms with van der Waals surface area (Å²) in [7, 11) is -3.32. The number of carbonyl (C=O) groups is 2. The van der Waals surface area contributed by atoms with Crippen LogP contribution in [-0.4, -0.2) is 62.4 Å². The molecular weight excluding hydrogens is 284 g/mol. The number of sulfone groups is 1. The lowest BCUT2D eigenvalue weighted by molar-refractivity contribution is -0.148. The molecule has 1 rings (SSSR count). The first-order valence-corrected chi connectivity index (χ1v) is 8.57.